The fourth-order valence-corrected chi connectivity index (χ4v) is 2.40. The normalized spacial score (nSPS) is 21.2. The molecule has 78 valence electrons. The summed E-state index contributed by atoms with van der Waals surface area (Å²) in [5, 5.41) is 0. The first-order valence-corrected chi connectivity index (χ1v) is 5.59. The highest BCUT2D eigenvalue weighted by atomic mass is 15.0. The molecule has 1 rings (SSSR count). The van der Waals surface area contributed by atoms with Crippen molar-refractivity contribution in [1.29, 1.82) is 0 Å². The van der Waals surface area contributed by atoms with E-state index in [0.29, 0.717) is 0 Å². The minimum atomic E-state index is 0.782. The molecule has 1 aliphatic rings. The Labute approximate surface area is 82.5 Å². The van der Waals surface area contributed by atoms with Crippen molar-refractivity contribution in [3.8, 4) is 0 Å². The van der Waals surface area contributed by atoms with Crippen LogP contribution < -0.4 is 5.73 Å². The van der Waals surface area contributed by atoms with E-state index in [1.807, 2.05) is 0 Å². The second kappa shape index (κ2) is 5.61. The zero-order valence-electron chi connectivity index (χ0n) is 9.13. The summed E-state index contributed by atoms with van der Waals surface area (Å²) in [5.74, 6) is 1.72. The van der Waals surface area contributed by atoms with E-state index in [4.69, 9.17) is 5.73 Å². The molecule has 1 fully saturated rings. The van der Waals surface area contributed by atoms with E-state index >= 15 is 0 Å². The lowest BCUT2D eigenvalue weighted by Crippen LogP contribution is -2.26. The van der Waals surface area contributed by atoms with Gasteiger partial charge in [-0.05, 0) is 45.4 Å². The third kappa shape index (κ3) is 3.65. The molecule has 0 aromatic carbocycles. The number of nitrogens with two attached hydrogens (primary N) is 1. The molecule has 0 heterocycles. The van der Waals surface area contributed by atoms with Crippen LogP contribution in [0.15, 0.2) is 0 Å². The summed E-state index contributed by atoms with van der Waals surface area (Å²) in [4.78, 5) is 2.26. The van der Waals surface area contributed by atoms with Gasteiger partial charge in [-0.3, -0.25) is 0 Å². The number of rotatable bonds is 5. The molecular formula is C11H24N2. The zero-order valence-corrected chi connectivity index (χ0v) is 9.13. The maximum Gasteiger partial charge on any atom is -0.00216 e. The molecule has 0 aromatic rings. The maximum absolute atomic E-state index is 5.82. The molecule has 1 atom stereocenters. The van der Waals surface area contributed by atoms with E-state index < -0.39 is 0 Å². The minimum absolute atomic E-state index is 0.782. The average Bonchev–Trinajstić information content (AvgIpc) is 2.58. The Morgan fingerprint density at radius 3 is 2.38 bits per heavy atom. The van der Waals surface area contributed by atoms with Gasteiger partial charge in [0.05, 0.1) is 0 Å². The molecule has 2 heteroatoms. The molecule has 13 heavy (non-hydrogen) atoms. The second-order valence-corrected chi connectivity index (χ2v) is 4.63. The van der Waals surface area contributed by atoms with E-state index in [1.165, 1.54) is 38.6 Å². The second-order valence-electron chi connectivity index (χ2n) is 4.63. The fourth-order valence-electron chi connectivity index (χ4n) is 2.40. The Hall–Kier alpha value is -0.0800. The molecule has 0 saturated heterocycles. The molecule has 1 saturated carbocycles. The van der Waals surface area contributed by atoms with Gasteiger partial charge >= 0.3 is 0 Å². The van der Waals surface area contributed by atoms with Crippen LogP contribution in [-0.2, 0) is 0 Å². The Bertz CT molecular complexity index is 128. The van der Waals surface area contributed by atoms with E-state index in [2.05, 4.69) is 19.0 Å². The van der Waals surface area contributed by atoms with E-state index in [1.54, 1.807) is 0 Å². The Balaban J connectivity index is 2.24. The Morgan fingerprint density at radius 2 is 1.92 bits per heavy atom. The lowest BCUT2D eigenvalue weighted by Gasteiger charge is -2.23. The smallest absolute Gasteiger partial charge is 0.00216 e. The van der Waals surface area contributed by atoms with Crippen LogP contribution in [0.4, 0.5) is 0 Å². The predicted octanol–water partition coefficient (Wildman–Crippen LogP) is 1.70. The van der Waals surface area contributed by atoms with Gasteiger partial charge in [-0.1, -0.05) is 25.7 Å². The summed E-state index contributed by atoms with van der Waals surface area (Å²) in [5.41, 5.74) is 5.82. The molecule has 0 aliphatic heterocycles. The summed E-state index contributed by atoms with van der Waals surface area (Å²) >= 11 is 0. The van der Waals surface area contributed by atoms with Crippen molar-refractivity contribution >= 4 is 0 Å². The van der Waals surface area contributed by atoms with Crippen molar-refractivity contribution in [2.24, 2.45) is 17.6 Å². The summed E-state index contributed by atoms with van der Waals surface area (Å²) in [6.45, 7) is 2.08. The quantitative estimate of drug-likeness (QED) is 0.704. The van der Waals surface area contributed by atoms with Crippen molar-refractivity contribution in [1.82, 2.24) is 4.90 Å². The Morgan fingerprint density at radius 1 is 1.31 bits per heavy atom. The largest absolute Gasteiger partial charge is 0.330 e. The standard InChI is InChI=1S/C11H24N2/c1-13(2)8-7-11(9-12)10-5-3-4-6-10/h10-11H,3-9,12H2,1-2H3. The Kier molecular flexibility index (Phi) is 4.74. The van der Waals surface area contributed by atoms with Crippen molar-refractivity contribution in [3.63, 3.8) is 0 Å². The summed E-state index contributed by atoms with van der Waals surface area (Å²) in [6.07, 6.45) is 7.00. The first-order chi connectivity index (χ1) is 6.24. The van der Waals surface area contributed by atoms with Gasteiger partial charge in [0, 0.05) is 0 Å². The highest BCUT2D eigenvalue weighted by molar-refractivity contribution is 4.76. The summed E-state index contributed by atoms with van der Waals surface area (Å²) in [6, 6.07) is 0. The highest BCUT2D eigenvalue weighted by Crippen LogP contribution is 2.32. The van der Waals surface area contributed by atoms with Gasteiger partial charge in [-0.2, -0.15) is 0 Å². The maximum atomic E-state index is 5.82. The lowest BCUT2D eigenvalue weighted by atomic mass is 9.88. The molecule has 0 aromatic heterocycles. The minimum Gasteiger partial charge on any atom is -0.330 e. The highest BCUT2D eigenvalue weighted by Gasteiger charge is 2.23. The van der Waals surface area contributed by atoms with Crippen LogP contribution in [0.5, 0.6) is 0 Å². The van der Waals surface area contributed by atoms with Gasteiger partial charge in [0.15, 0.2) is 0 Å². The van der Waals surface area contributed by atoms with Gasteiger partial charge in [-0.25, -0.2) is 0 Å². The molecule has 0 bridgehead atoms. The van der Waals surface area contributed by atoms with Crippen LogP contribution in [0.3, 0.4) is 0 Å². The first-order valence-electron chi connectivity index (χ1n) is 5.59. The van der Waals surface area contributed by atoms with Crippen molar-refractivity contribution in [2.75, 3.05) is 27.2 Å². The van der Waals surface area contributed by atoms with Crippen LogP contribution in [0, 0.1) is 11.8 Å². The summed E-state index contributed by atoms with van der Waals surface area (Å²) < 4.78 is 0. The van der Waals surface area contributed by atoms with Crippen molar-refractivity contribution in [3.05, 3.63) is 0 Å². The first kappa shape index (κ1) is 11.0. The fraction of sp³-hybridized carbons (Fsp3) is 1.00. The van der Waals surface area contributed by atoms with E-state index in [-0.39, 0.29) is 0 Å². The predicted molar refractivity (Wildman–Crippen MR) is 57.7 cm³/mol. The molecule has 1 aliphatic carbocycles. The van der Waals surface area contributed by atoms with Gasteiger partial charge < -0.3 is 10.6 Å². The van der Waals surface area contributed by atoms with Crippen LogP contribution in [0.2, 0.25) is 0 Å². The van der Waals surface area contributed by atoms with Crippen molar-refractivity contribution < 1.29 is 0 Å². The molecule has 0 radical (unpaired) electrons. The van der Waals surface area contributed by atoms with Crippen molar-refractivity contribution in [2.45, 2.75) is 32.1 Å². The van der Waals surface area contributed by atoms with Crippen LogP contribution in [-0.4, -0.2) is 32.1 Å². The van der Waals surface area contributed by atoms with Crippen LogP contribution in [0.25, 0.3) is 0 Å². The third-order valence-corrected chi connectivity index (χ3v) is 3.32. The molecular weight excluding hydrogens is 160 g/mol. The summed E-state index contributed by atoms with van der Waals surface area (Å²) in [7, 11) is 4.28. The number of hydrogen-bond donors (Lipinski definition) is 1. The molecule has 1 unspecified atom stereocenters. The van der Waals surface area contributed by atoms with Crippen LogP contribution >= 0.6 is 0 Å². The third-order valence-electron chi connectivity index (χ3n) is 3.32. The molecule has 2 nitrogen and oxygen atoms in total. The van der Waals surface area contributed by atoms with E-state index in [0.717, 1.165) is 18.4 Å². The van der Waals surface area contributed by atoms with Gasteiger partial charge in [0.1, 0.15) is 0 Å². The molecule has 0 spiro atoms. The van der Waals surface area contributed by atoms with Gasteiger partial charge in [-0.15, -0.1) is 0 Å². The van der Waals surface area contributed by atoms with Crippen LogP contribution in [0.1, 0.15) is 32.1 Å². The lowest BCUT2D eigenvalue weighted by molar-refractivity contribution is 0.281. The van der Waals surface area contributed by atoms with Gasteiger partial charge in [0.2, 0.25) is 0 Å². The topological polar surface area (TPSA) is 29.3 Å². The molecule has 0 amide bonds. The monoisotopic (exact) mass is 184 g/mol. The molecule has 2 N–H and O–H groups in total. The van der Waals surface area contributed by atoms with Gasteiger partial charge in [0.25, 0.3) is 0 Å². The number of nitrogens with zero attached hydrogens (tertiary/aromatic N) is 1. The van der Waals surface area contributed by atoms with E-state index in [9.17, 15) is 0 Å². The average molecular weight is 184 g/mol. The zero-order chi connectivity index (χ0) is 9.68. The number of hydrogen-bond acceptors (Lipinski definition) is 2. The SMILES string of the molecule is CN(C)CCC(CN)C1CCCC1.